The summed E-state index contributed by atoms with van der Waals surface area (Å²) in [6.45, 7) is 0.274. The van der Waals surface area contributed by atoms with Crippen molar-refractivity contribution < 1.29 is 14.1 Å². The number of rotatable bonds is 5. The Balaban J connectivity index is 2.81. The molecule has 0 aliphatic carbocycles. The van der Waals surface area contributed by atoms with Gasteiger partial charge in [0.1, 0.15) is 5.82 Å². The van der Waals surface area contributed by atoms with Crippen LogP contribution in [0.3, 0.4) is 0 Å². The molecule has 0 saturated carbocycles. The first-order valence-electron chi connectivity index (χ1n) is 4.28. The van der Waals surface area contributed by atoms with Gasteiger partial charge >= 0.3 is 5.69 Å². The number of nitro benzene ring substituents is 1. The summed E-state index contributed by atoms with van der Waals surface area (Å²) in [6.07, 6.45) is 0.579. The predicted molar refractivity (Wildman–Crippen MR) is 53.9 cm³/mol. The summed E-state index contributed by atoms with van der Waals surface area (Å²) in [5.74, 6) is -0.187. The molecule has 82 valence electrons. The molecule has 0 spiro atoms. The fourth-order valence-corrected chi connectivity index (χ4v) is 1.10. The predicted octanol–water partition coefficient (Wildman–Crippen LogP) is 2.74. The number of ether oxygens (including phenoxy) is 1. The van der Waals surface area contributed by atoms with Crippen molar-refractivity contribution in [1.29, 1.82) is 0 Å². The number of alkyl halides is 1. The third kappa shape index (κ3) is 3.36. The zero-order chi connectivity index (χ0) is 11.3. The molecule has 6 heteroatoms. The van der Waals surface area contributed by atoms with E-state index in [4.69, 9.17) is 16.3 Å². The highest BCUT2D eigenvalue weighted by molar-refractivity contribution is 6.17. The number of nitrogens with zero attached hydrogens (tertiary/aromatic N) is 1. The Morgan fingerprint density at radius 3 is 2.87 bits per heavy atom. The highest BCUT2D eigenvalue weighted by Crippen LogP contribution is 2.27. The van der Waals surface area contributed by atoms with Gasteiger partial charge in [0, 0.05) is 5.88 Å². The summed E-state index contributed by atoms with van der Waals surface area (Å²) in [4.78, 5) is 9.86. The standard InChI is InChI=1S/C9H9ClFNO3/c10-4-1-5-15-9-3-2-7(11)6-8(9)12(13)14/h2-3,6H,1,4-5H2. The summed E-state index contributed by atoms with van der Waals surface area (Å²) >= 11 is 5.42. The summed E-state index contributed by atoms with van der Waals surface area (Å²) < 4.78 is 17.8. The van der Waals surface area contributed by atoms with Gasteiger partial charge < -0.3 is 4.74 Å². The Morgan fingerprint density at radius 2 is 2.27 bits per heavy atom. The van der Waals surface area contributed by atoms with Crippen LogP contribution in [0.25, 0.3) is 0 Å². The molecule has 0 N–H and O–H groups in total. The van der Waals surface area contributed by atoms with Crippen LogP contribution in [0, 0.1) is 15.9 Å². The fraction of sp³-hybridized carbons (Fsp3) is 0.333. The quantitative estimate of drug-likeness (QED) is 0.340. The SMILES string of the molecule is O=[N+]([O-])c1cc(F)ccc1OCCCCl. The lowest BCUT2D eigenvalue weighted by molar-refractivity contribution is -0.386. The van der Waals surface area contributed by atoms with Crippen LogP contribution in [-0.2, 0) is 0 Å². The van der Waals surface area contributed by atoms with E-state index < -0.39 is 10.7 Å². The lowest BCUT2D eigenvalue weighted by atomic mass is 10.3. The van der Waals surface area contributed by atoms with Crippen LogP contribution in [0.5, 0.6) is 5.75 Å². The first-order valence-corrected chi connectivity index (χ1v) is 4.81. The van der Waals surface area contributed by atoms with E-state index in [0.29, 0.717) is 12.3 Å². The Bertz CT molecular complexity index is 359. The van der Waals surface area contributed by atoms with Crippen molar-refractivity contribution in [1.82, 2.24) is 0 Å². The van der Waals surface area contributed by atoms with Gasteiger partial charge in [-0.1, -0.05) is 0 Å². The molecule has 4 nitrogen and oxygen atoms in total. The lowest BCUT2D eigenvalue weighted by Crippen LogP contribution is -2.01. The number of hydrogen-bond acceptors (Lipinski definition) is 3. The van der Waals surface area contributed by atoms with Gasteiger partial charge in [-0.3, -0.25) is 10.1 Å². The fourth-order valence-electron chi connectivity index (χ4n) is 0.992. The summed E-state index contributed by atoms with van der Waals surface area (Å²) in [7, 11) is 0. The molecule has 0 unspecified atom stereocenters. The van der Waals surface area contributed by atoms with E-state index in [1.807, 2.05) is 0 Å². The maximum Gasteiger partial charge on any atom is 0.313 e. The highest BCUT2D eigenvalue weighted by atomic mass is 35.5. The van der Waals surface area contributed by atoms with Crippen LogP contribution in [0.4, 0.5) is 10.1 Å². The average Bonchev–Trinajstić information content (AvgIpc) is 2.20. The minimum Gasteiger partial charge on any atom is -0.487 e. The molecule has 1 aromatic rings. The number of benzene rings is 1. The maximum absolute atomic E-state index is 12.7. The largest absolute Gasteiger partial charge is 0.487 e. The van der Waals surface area contributed by atoms with Gasteiger partial charge in [-0.05, 0) is 18.6 Å². The summed E-state index contributed by atoms with van der Waals surface area (Å²) in [5, 5.41) is 10.5. The highest BCUT2D eigenvalue weighted by Gasteiger charge is 2.15. The van der Waals surface area contributed by atoms with Crippen LogP contribution in [0.1, 0.15) is 6.42 Å². The van der Waals surface area contributed by atoms with E-state index >= 15 is 0 Å². The molecule has 0 saturated heterocycles. The van der Waals surface area contributed by atoms with Crippen LogP contribution < -0.4 is 4.74 Å². The minimum absolute atomic E-state index is 0.0616. The van der Waals surface area contributed by atoms with Crippen LogP contribution in [0.15, 0.2) is 18.2 Å². The molecule has 15 heavy (non-hydrogen) atoms. The number of hydrogen-bond donors (Lipinski definition) is 0. The van der Waals surface area contributed by atoms with Gasteiger partial charge in [-0.2, -0.15) is 0 Å². The maximum atomic E-state index is 12.7. The summed E-state index contributed by atoms with van der Waals surface area (Å²) in [6, 6.07) is 3.18. The van der Waals surface area contributed by atoms with E-state index in [-0.39, 0.29) is 18.0 Å². The second-order valence-electron chi connectivity index (χ2n) is 2.76. The van der Waals surface area contributed by atoms with Gasteiger partial charge in [-0.15, -0.1) is 11.6 Å². The number of nitro groups is 1. The lowest BCUT2D eigenvalue weighted by Gasteiger charge is -2.05. The summed E-state index contributed by atoms with van der Waals surface area (Å²) in [5.41, 5.74) is -0.371. The van der Waals surface area contributed by atoms with Crippen molar-refractivity contribution in [3.8, 4) is 5.75 Å². The van der Waals surface area contributed by atoms with Crippen LogP contribution in [0.2, 0.25) is 0 Å². The third-order valence-corrected chi connectivity index (χ3v) is 1.92. The minimum atomic E-state index is -0.681. The van der Waals surface area contributed by atoms with Crippen molar-refractivity contribution in [3.63, 3.8) is 0 Å². The molecular weight excluding hydrogens is 225 g/mol. The first-order chi connectivity index (χ1) is 7.15. The zero-order valence-corrected chi connectivity index (χ0v) is 8.54. The third-order valence-electron chi connectivity index (χ3n) is 1.65. The normalized spacial score (nSPS) is 10.0. The zero-order valence-electron chi connectivity index (χ0n) is 7.78. The first kappa shape index (κ1) is 11.7. The molecule has 0 radical (unpaired) electrons. The van der Waals surface area contributed by atoms with Crippen LogP contribution in [-0.4, -0.2) is 17.4 Å². The number of halogens is 2. The topological polar surface area (TPSA) is 52.4 Å². The Kier molecular flexibility index (Phi) is 4.30. The Morgan fingerprint density at radius 1 is 1.53 bits per heavy atom. The molecule has 0 atom stereocenters. The molecular formula is C9H9ClFNO3. The van der Waals surface area contributed by atoms with E-state index in [1.54, 1.807) is 0 Å². The van der Waals surface area contributed by atoms with Crippen molar-refractivity contribution in [2.75, 3.05) is 12.5 Å². The molecule has 0 bridgehead atoms. The van der Waals surface area contributed by atoms with E-state index in [0.717, 1.165) is 12.1 Å². The van der Waals surface area contributed by atoms with E-state index in [9.17, 15) is 14.5 Å². The van der Waals surface area contributed by atoms with Crippen molar-refractivity contribution in [2.24, 2.45) is 0 Å². The Labute approximate surface area is 90.8 Å². The van der Waals surface area contributed by atoms with E-state index in [1.165, 1.54) is 6.07 Å². The molecule has 0 fully saturated rings. The second-order valence-corrected chi connectivity index (χ2v) is 3.14. The van der Waals surface area contributed by atoms with Gasteiger partial charge in [0.15, 0.2) is 5.75 Å². The Hall–Kier alpha value is -1.36. The molecule has 0 heterocycles. The average molecular weight is 234 g/mol. The van der Waals surface area contributed by atoms with Gasteiger partial charge in [0.25, 0.3) is 0 Å². The molecule has 0 aliphatic rings. The molecule has 0 amide bonds. The molecule has 1 aromatic carbocycles. The van der Waals surface area contributed by atoms with Gasteiger partial charge in [0.2, 0.25) is 0 Å². The molecule has 1 rings (SSSR count). The second kappa shape index (κ2) is 5.50. The van der Waals surface area contributed by atoms with Crippen LogP contribution >= 0.6 is 11.6 Å². The van der Waals surface area contributed by atoms with Gasteiger partial charge in [0.05, 0.1) is 17.6 Å². The van der Waals surface area contributed by atoms with Crippen molar-refractivity contribution in [3.05, 3.63) is 34.1 Å². The molecule has 0 aliphatic heterocycles. The van der Waals surface area contributed by atoms with E-state index in [2.05, 4.69) is 0 Å². The smallest absolute Gasteiger partial charge is 0.313 e. The van der Waals surface area contributed by atoms with Crippen molar-refractivity contribution >= 4 is 17.3 Å². The monoisotopic (exact) mass is 233 g/mol. The van der Waals surface area contributed by atoms with Crippen molar-refractivity contribution in [2.45, 2.75) is 6.42 Å². The van der Waals surface area contributed by atoms with Gasteiger partial charge in [-0.25, -0.2) is 4.39 Å². The molecule has 0 aromatic heterocycles.